The van der Waals surface area contributed by atoms with Crippen LogP contribution in [0.25, 0.3) is 10.3 Å². The van der Waals surface area contributed by atoms with Crippen LogP contribution < -0.4 is 10.2 Å². The van der Waals surface area contributed by atoms with E-state index >= 15 is 0 Å². The predicted octanol–water partition coefficient (Wildman–Crippen LogP) is 3.33. The molecule has 28 heavy (non-hydrogen) atoms. The fourth-order valence-corrected chi connectivity index (χ4v) is 4.76. The van der Waals surface area contributed by atoms with Crippen molar-refractivity contribution in [2.24, 2.45) is 0 Å². The van der Waals surface area contributed by atoms with Crippen LogP contribution in [0.2, 0.25) is 0 Å². The zero-order valence-electron chi connectivity index (χ0n) is 16.4. The van der Waals surface area contributed by atoms with E-state index in [-0.39, 0.29) is 0 Å². The minimum absolute atomic E-state index is 0.344. The van der Waals surface area contributed by atoms with Gasteiger partial charge in [-0.15, -0.1) is 0 Å². The van der Waals surface area contributed by atoms with Gasteiger partial charge in [-0.3, -0.25) is 5.32 Å². The zero-order chi connectivity index (χ0) is 19.7. The van der Waals surface area contributed by atoms with Gasteiger partial charge in [0, 0.05) is 18.3 Å². The molecular weight excluding hydrogens is 387 g/mol. The smallest absolute Gasteiger partial charge is 0.164 e. The molecule has 146 valence electrons. The van der Waals surface area contributed by atoms with E-state index < -0.39 is 0 Å². The van der Waals surface area contributed by atoms with Gasteiger partial charge in [-0.1, -0.05) is 38.4 Å². The Morgan fingerprint density at radius 3 is 2.96 bits per heavy atom. The molecule has 6 nitrogen and oxygen atoms in total. The molecule has 0 bridgehead atoms. The molecule has 1 atom stereocenters. The van der Waals surface area contributed by atoms with E-state index in [4.69, 9.17) is 4.98 Å². The van der Waals surface area contributed by atoms with Crippen LogP contribution in [0.1, 0.15) is 23.9 Å². The third-order valence-corrected chi connectivity index (χ3v) is 6.48. The van der Waals surface area contributed by atoms with Crippen molar-refractivity contribution >= 4 is 47.5 Å². The maximum atomic E-state index is 4.87. The van der Waals surface area contributed by atoms with E-state index in [1.54, 1.807) is 17.7 Å². The summed E-state index contributed by atoms with van der Waals surface area (Å²) in [5.74, 6) is 0.886. The summed E-state index contributed by atoms with van der Waals surface area (Å²) in [5.41, 5.74) is 4.33. The SMILES string of the molecule is CC1Cc2ccccc2N1c1ncnc2sc(C(=P)NCCCN(C)C)nc12. The van der Waals surface area contributed by atoms with Crippen molar-refractivity contribution in [2.45, 2.75) is 25.8 Å². The Balaban J connectivity index is 1.61. The lowest BCUT2D eigenvalue weighted by molar-refractivity contribution is 0.400. The highest BCUT2D eigenvalue weighted by Gasteiger charge is 2.30. The highest BCUT2D eigenvalue weighted by molar-refractivity contribution is 7.28. The lowest BCUT2D eigenvalue weighted by atomic mass is 10.1. The predicted molar refractivity (Wildman–Crippen MR) is 121 cm³/mol. The van der Waals surface area contributed by atoms with Gasteiger partial charge in [-0.25, -0.2) is 15.0 Å². The monoisotopic (exact) mass is 412 g/mol. The summed E-state index contributed by atoms with van der Waals surface area (Å²) in [4.78, 5) is 19.3. The molecule has 3 heterocycles. The standard InChI is InChI=1S/C20H25N6PS/c1-13-11-14-7-4-5-8-15(14)26(13)17-16-19(23-12-22-17)28-20(24-16)18(27)21-9-6-10-25(2)3/h4-5,7-8,12-13,21,27H,6,9-11H2,1-3H3. The molecule has 1 N–H and O–H groups in total. The minimum Gasteiger partial charge on any atom is -0.321 e. The molecule has 1 aliphatic heterocycles. The van der Waals surface area contributed by atoms with Gasteiger partial charge in [0.05, 0.1) is 5.42 Å². The van der Waals surface area contributed by atoms with Gasteiger partial charge in [0.1, 0.15) is 21.7 Å². The number of hydrogen-bond acceptors (Lipinski definition) is 6. The normalized spacial score (nSPS) is 16.1. The van der Waals surface area contributed by atoms with Crippen LogP contribution in [0.3, 0.4) is 0 Å². The number of benzene rings is 1. The van der Waals surface area contributed by atoms with Crippen LogP contribution >= 0.6 is 20.2 Å². The Bertz CT molecular complexity index is 1000. The lowest BCUT2D eigenvalue weighted by Gasteiger charge is -2.23. The molecular formula is C20H25N6PS. The topological polar surface area (TPSA) is 57.2 Å². The van der Waals surface area contributed by atoms with Gasteiger partial charge in [-0.2, -0.15) is 0 Å². The maximum Gasteiger partial charge on any atom is 0.164 e. The molecule has 4 rings (SSSR count). The first kappa shape index (κ1) is 19.4. The molecule has 0 radical (unpaired) electrons. The molecule has 1 aliphatic rings. The van der Waals surface area contributed by atoms with Crippen molar-refractivity contribution < 1.29 is 0 Å². The van der Waals surface area contributed by atoms with Gasteiger partial charge in [0.15, 0.2) is 5.82 Å². The van der Waals surface area contributed by atoms with Gasteiger partial charge in [-0.05, 0) is 52.0 Å². The van der Waals surface area contributed by atoms with E-state index in [0.29, 0.717) is 6.04 Å². The first-order valence-electron chi connectivity index (χ1n) is 9.51. The summed E-state index contributed by atoms with van der Waals surface area (Å²) >= 11 is 1.58. The third kappa shape index (κ3) is 3.80. The first-order valence-corrected chi connectivity index (χ1v) is 10.8. The first-order chi connectivity index (χ1) is 13.5. The van der Waals surface area contributed by atoms with Crippen LogP contribution in [0.4, 0.5) is 11.5 Å². The Labute approximate surface area is 171 Å². The highest BCUT2D eigenvalue weighted by atomic mass is 32.1. The molecule has 2 aromatic heterocycles. The second-order valence-electron chi connectivity index (χ2n) is 7.38. The number of para-hydroxylation sites is 1. The third-order valence-electron chi connectivity index (χ3n) is 4.91. The molecule has 0 amide bonds. The summed E-state index contributed by atoms with van der Waals surface area (Å²) in [7, 11) is 7.89. The average Bonchev–Trinajstić information content (AvgIpc) is 3.25. The Hall–Kier alpha value is -1.92. The van der Waals surface area contributed by atoms with Crippen molar-refractivity contribution in [1.82, 2.24) is 25.2 Å². The summed E-state index contributed by atoms with van der Waals surface area (Å²) in [6.45, 7) is 4.17. The molecule has 0 aliphatic carbocycles. The van der Waals surface area contributed by atoms with Crippen LogP contribution in [0.5, 0.6) is 0 Å². The molecule has 1 aromatic carbocycles. The molecule has 8 heteroatoms. The summed E-state index contributed by atoms with van der Waals surface area (Å²) in [6, 6.07) is 8.87. The summed E-state index contributed by atoms with van der Waals surface area (Å²) < 4.78 is 0. The number of hydrogen-bond donors (Lipinski definition) is 1. The van der Waals surface area contributed by atoms with E-state index in [2.05, 4.69) is 79.2 Å². The molecule has 0 fully saturated rings. The van der Waals surface area contributed by atoms with Crippen LogP contribution in [-0.4, -0.2) is 58.5 Å². The van der Waals surface area contributed by atoms with Gasteiger partial charge in [0.25, 0.3) is 0 Å². The van der Waals surface area contributed by atoms with Crippen LogP contribution in [0.15, 0.2) is 30.6 Å². The second-order valence-corrected chi connectivity index (χ2v) is 8.86. The van der Waals surface area contributed by atoms with Crippen LogP contribution in [0, 0.1) is 0 Å². The van der Waals surface area contributed by atoms with E-state index in [1.807, 2.05) is 0 Å². The lowest BCUT2D eigenvalue weighted by Crippen LogP contribution is -2.26. The maximum absolute atomic E-state index is 4.87. The van der Waals surface area contributed by atoms with Crippen LogP contribution in [-0.2, 0) is 6.42 Å². The number of nitrogens with zero attached hydrogens (tertiary/aromatic N) is 5. The Morgan fingerprint density at radius 1 is 1.32 bits per heavy atom. The number of nitrogens with one attached hydrogen (secondary N) is 1. The second kappa shape index (κ2) is 8.21. The molecule has 3 aromatic rings. The number of anilines is 2. The van der Waals surface area contributed by atoms with Crippen molar-refractivity contribution in [3.63, 3.8) is 0 Å². The van der Waals surface area contributed by atoms with Crippen molar-refractivity contribution in [3.8, 4) is 0 Å². The largest absolute Gasteiger partial charge is 0.321 e. The Morgan fingerprint density at radius 2 is 2.14 bits per heavy atom. The number of fused-ring (bicyclic) bond motifs is 2. The number of aromatic nitrogens is 3. The summed E-state index contributed by atoms with van der Waals surface area (Å²) in [5, 5.41) is 4.32. The minimum atomic E-state index is 0.344. The zero-order valence-corrected chi connectivity index (χ0v) is 18.3. The fourth-order valence-electron chi connectivity index (χ4n) is 3.60. The molecule has 0 spiro atoms. The highest BCUT2D eigenvalue weighted by Crippen LogP contribution is 2.40. The van der Waals surface area contributed by atoms with Gasteiger partial charge in [0.2, 0.25) is 0 Å². The molecule has 0 saturated heterocycles. The number of rotatable bonds is 7. The Kier molecular flexibility index (Phi) is 5.69. The summed E-state index contributed by atoms with van der Waals surface area (Å²) in [6.07, 6.45) is 3.73. The van der Waals surface area contributed by atoms with E-state index in [1.165, 1.54) is 11.3 Å². The van der Waals surface area contributed by atoms with Crippen molar-refractivity contribution in [2.75, 3.05) is 32.1 Å². The molecule has 1 unspecified atom stereocenters. The number of thiazole rings is 1. The molecule has 0 saturated carbocycles. The fraction of sp³-hybridized carbons (Fsp3) is 0.400. The van der Waals surface area contributed by atoms with Crippen molar-refractivity contribution in [1.29, 1.82) is 0 Å². The average molecular weight is 413 g/mol. The van der Waals surface area contributed by atoms with Crippen molar-refractivity contribution in [3.05, 3.63) is 41.2 Å². The quantitative estimate of drug-likeness (QED) is 0.475. The van der Waals surface area contributed by atoms with Gasteiger partial charge < -0.3 is 9.80 Å². The van der Waals surface area contributed by atoms with Gasteiger partial charge >= 0.3 is 0 Å². The van der Waals surface area contributed by atoms with E-state index in [0.717, 1.165) is 52.5 Å². The van der Waals surface area contributed by atoms with E-state index in [9.17, 15) is 0 Å².